The third-order valence-corrected chi connectivity index (χ3v) is 3.72. The van der Waals surface area contributed by atoms with E-state index in [4.69, 9.17) is 4.74 Å². The van der Waals surface area contributed by atoms with Gasteiger partial charge in [0.2, 0.25) is 5.91 Å². The Balaban J connectivity index is 1.96. The minimum Gasteiger partial charge on any atom is -0.379 e. The number of hydrogen-bond acceptors (Lipinski definition) is 3. The summed E-state index contributed by atoms with van der Waals surface area (Å²) in [5, 5.41) is 6.19. The number of carbonyl (C=O) groups is 1. The molecule has 1 heterocycles. The highest BCUT2D eigenvalue weighted by atomic mass is 16.5. The summed E-state index contributed by atoms with van der Waals surface area (Å²) in [5.41, 5.74) is 2.35. The lowest BCUT2D eigenvalue weighted by atomic mass is 10.0. The van der Waals surface area contributed by atoms with Crippen LogP contribution in [0.4, 0.5) is 0 Å². The van der Waals surface area contributed by atoms with Crippen molar-refractivity contribution >= 4 is 5.91 Å². The monoisotopic (exact) mass is 262 g/mol. The minimum absolute atomic E-state index is 0.0196. The Morgan fingerprint density at radius 3 is 2.63 bits per heavy atom. The number of nitrogens with one attached hydrogen (secondary N) is 2. The highest BCUT2D eigenvalue weighted by Gasteiger charge is 2.33. The first-order valence-electron chi connectivity index (χ1n) is 6.73. The molecule has 1 fully saturated rings. The second kappa shape index (κ2) is 6.17. The fourth-order valence-electron chi connectivity index (χ4n) is 2.36. The van der Waals surface area contributed by atoms with Crippen LogP contribution >= 0.6 is 0 Å². The first-order chi connectivity index (χ1) is 9.11. The van der Waals surface area contributed by atoms with Crippen LogP contribution in [0.15, 0.2) is 24.3 Å². The van der Waals surface area contributed by atoms with Gasteiger partial charge in [0, 0.05) is 6.04 Å². The zero-order valence-corrected chi connectivity index (χ0v) is 11.8. The summed E-state index contributed by atoms with van der Waals surface area (Å²) < 4.78 is 5.36. The highest BCUT2D eigenvalue weighted by molar-refractivity contribution is 5.80. The van der Waals surface area contributed by atoms with Crippen molar-refractivity contribution in [3.63, 3.8) is 0 Å². The van der Waals surface area contributed by atoms with Crippen LogP contribution in [0, 0.1) is 12.8 Å². The van der Waals surface area contributed by atoms with Crippen LogP contribution in [0.25, 0.3) is 0 Å². The summed E-state index contributed by atoms with van der Waals surface area (Å²) >= 11 is 0. The van der Waals surface area contributed by atoms with E-state index < -0.39 is 0 Å². The molecule has 1 saturated heterocycles. The number of rotatable bonds is 4. The zero-order valence-electron chi connectivity index (χ0n) is 11.8. The van der Waals surface area contributed by atoms with Crippen molar-refractivity contribution in [1.82, 2.24) is 10.6 Å². The van der Waals surface area contributed by atoms with E-state index in [9.17, 15) is 4.79 Å². The molecule has 0 aliphatic carbocycles. The van der Waals surface area contributed by atoms with Crippen molar-refractivity contribution in [2.45, 2.75) is 25.9 Å². The van der Waals surface area contributed by atoms with Gasteiger partial charge in [-0.05, 0) is 26.5 Å². The average molecular weight is 262 g/mol. The molecular weight excluding hydrogens is 240 g/mol. The predicted molar refractivity (Wildman–Crippen MR) is 74.9 cm³/mol. The normalized spacial score (nSPS) is 24.2. The lowest BCUT2D eigenvalue weighted by molar-refractivity contribution is -0.126. The molecule has 0 saturated carbocycles. The van der Waals surface area contributed by atoms with Crippen molar-refractivity contribution in [3.8, 4) is 0 Å². The van der Waals surface area contributed by atoms with E-state index in [1.165, 1.54) is 5.56 Å². The molecule has 4 heteroatoms. The number of amides is 1. The standard InChI is InChI=1S/C15H22N2O2/c1-10-4-6-12(7-5-10)11(2)17-15(18)13-8-19-9-14(13)16-3/h4-7,11,13-14,16H,8-9H2,1-3H3,(H,17,18)/t11-,13?,14?/m0/s1. The fraction of sp³-hybridized carbons (Fsp3) is 0.533. The molecule has 19 heavy (non-hydrogen) atoms. The SMILES string of the molecule is CNC1COCC1C(=O)N[C@@H](C)c1ccc(C)cc1. The summed E-state index contributed by atoms with van der Waals surface area (Å²) in [5.74, 6) is -0.0391. The maximum absolute atomic E-state index is 12.2. The molecule has 2 N–H and O–H groups in total. The number of aryl methyl sites for hydroxylation is 1. The molecule has 104 valence electrons. The number of benzene rings is 1. The molecule has 1 aromatic rings. The van der Waals surface area contributed by atoms with Crippen LogP contribution in [0.2, 0.25) is 0 Å². The van der Waals surface area contributed by atoms with Crippen molar-refractivity contribution in [3.05, 3.63) is 35.4 Å². The molecule has 0 radical (unpaired) electrons. The summed E-state index contributed by atoms with van der Waals surface area (Å²) in [6.45, 7) is 5.17. The molecule has 0 bridgehead atoms. The van der Waals surface area contributed by atoms with Gasteiger partial charge in [0.1, 0.15) is 0 Å². The van der Waals surface area contributed by atoms with Crippen LogP contribution in [0.1, 0.15) is 24.1 Å². The van der Waals surface area contributed by atoms with Crippen LogP contribution in [-0.2, 0) is 9.53 Å². The maximum Gasteiger partial charge on any atom is 0.227 e. The van der Waals surface area contributed by atoms with E-state index in [1.807, 2.05) is 14.0 Å². The first kappa shape index (κ1) is 14.0. The molecular formula is C15H22N2O2. The van der Waals surface area contributed by atoms with Gasteiger partial charge < -0.3 is 15.4 Å². The van der Waals surface area contributed by atoms with E-state index >= 15 is 0 Å². The van der Waals surface area contributed by atoms with E-state index in [2.05, 4.69) is 41.8 Å². The Kier molecular flexibility index (Phi) is 4.56. The second-order valence-electron chi connectivity index (χ2n) is 5.18. The highest BCUT2D eigenvalue weighted by Crippen LogP contribution is 2.17. The van der Waals surface area contributed by atoms with Crippen molar-refractivity contribution in [2.75, 3.05) is 20.3 Å². The van der Waals surface area contributed by atoms with Gasteiger partial charge in [-0.3, -0.25) is 4.79 Å². The van der Waals surface area contributed by atoms with E-state index in [0.717, 1.165) is 5.56 Å². The Labute approximate surface area is 114 Å². The quantitative estimate of drug-likeness (QED) is 0.862. The third kappa shape index (κ3) is 3.33. The summed E-state index contributed by atoms with van der Waals surface area (Å²) in [7, 11) is 1.86. The van der Waals surface area contributed by atoms with Crippen molar-refractivity contribution in [1.29, 1.82) is 0 Å². The van der Waals surface area contributed by atoms with Gasteiger partial charge in [0.05, 0.1) is 25.2 Å². The first-order valence-corrected chi connectivity index (χ1v) is 6.73. The molecule has 1 aromatic carbocycles. The number of ether oxygens (including phenoxy) is 1. The Hall–Kier alpha value is -1.39. The van der Waals surface area contributed by atoms with E-state index in [-0.39, 0.29) is 23.9 Å². The van der Waals surface area contributed by atoms with E-state index in [1.54, 1.807) is 0 Å². The second-order valence-corrected chi connectivity index (χ2v) is 5.18. The van der Waals surface area contributed by atoms with Crippen LogP contribution in [-0.4, -0.2) is 32.2 Å². The smallest absolute Gasteiger partial charge is 0.227 e. The van der Waals surface area contributed by atoms with Crippen LogP contribution < -0.4 is 10.6 Å². The maximum atomic E-state index is 12.2. The Morgan fingerprint density at radius 2 is 2.00 bits per heavy atom. The zero-order chi connectivity index (χ0) is 13.8. The molecule has 1 aliphatic heterocycles. The lowest BCUT2D eigenvalue weighted by Gasteiger charge is -2.20. The van der Waals surface area contributed by atoms with Gasteiger partial charge in [-0.25, -0.2) is 0 Å². The molecule has 1 aliphatic rings. The van der Waals surface area contributed by atoms with Crippen LogP contribution in [0.3, 0.4) is 0 Å². The van der Waals surface area contributed by atoms with Gasteiger partial charge in [0.15, 0.2) is 0 Å². The molecule has 1 amide bonds. The largest absolute Gasteiger partial charge is 0.379 e. The summed E-state index contributed by atoms with van der Waals surface area (Å²) in [6.07, 6.45) is 0. The van der Waals surface area contributed by atoms with Crippen molar-refractivity contribution in [2.24, 2.45) is 5.92 Å². The van der Waals surface area contributed by atoms with Gasteiger partial charge >= 0.3 is 0 Å². The molecule has 4 nitrogen and oxygen atoms in total. The topological polar surface area (TPSA) is 50.4 Å². The summed E-state index contributed by atoms with van der Waals surface area (Å²) in [6, 6.07) is 8.37. The molecule has 3 atom stereocenters. The predicted octanol–water partition coefficient (Wildman–Crippen LogP) is 1.41. The fourth-order valence-corrected chi connectivity index (χ4v) is 2.36. The molecule has 0 spiro atoms. The Morgan fingerprint density at radius 1 is 1.32 bits per heavy atom. The van der Waals surface area contributed by atoms with Crippen molar-refractivity contribution < 1.29 is 9.53 Å². The van der Waals surface area contributed by atoms with Gasteiger partial charge in [0.25, 0.3) is 0 Å². The van der Waals surface area contributed by atoms with E-state index in [0.29, 0.717) is 13.2 Å². The molecule has 0 aromatic heterocycles. The van der Waals surface area contributed by atoms with Crippen LogP contribution in [0.5, 0.6) is 0 Å². The third-order valence-electron chi connectivity index (χ3n) is 3.72. The number of carbonyl (C=O) groups excluding carboxylic acids is 1. The minimum atomic E-state index is -0.0992. The van der Waals surface area contributed by atoms with Gasteiger partial charge in [-0.1, -0.05) is 29.8 Å². The average Bonchev–Trinajstić information content (AvgIpc) is 2.87. The molecule has 2 rings (SSSR count). The number of likely N-dealkylation sites (N-methyl/N-ethyl adjacent to an activating group) is 1. The van der Waals surface area contributed by atoms with Gasteiger partial charge in [-0.15, -0.1) is 0 Å². The summed E-state index contributed by atoms with van der Waals surface area (Å²) in [4.78, 5) is 12.2. The lowest BCUT2D eigenvalue weighted by Crippen LogP contribution is -2.43. The number of hydrogen-bond donors (Lipinski definition) is 2. The van der Waals surface area contributed by atoms with Gasteiger partial charge in [-0.2, -0.15) is 0 Å². The Bertz CT molecular complexity index is 430. The molecule has 2 unspecified atom stereocenters.